The minimum absolute atomic E-state index is 0.000900. The summed E-state index contributed by atoms with van der Waals surface area (Å²) in [5.41, 5.74) is -1.02. The average Bonchev–Trinajstić information content (AvgIpc) is 2.72. The summed E-state index contributed by atoms with van der Waals surface area (Å²) in [5.74, 6) is -0.112. The zero-order valence-corrected chi connectivity index (χ0v) is 24.1. The maximum Gasteiger partial charge on any atom is 0.408 e. The Hall–Kier alpha value is -2.42. The van der Waals surface area contributed by atoms with Crippen LogP contribution in [-0.2, 0) is 14.3 Å². The van der Waals surface area contributed by atoms with Crippen molar-refractivity contribution in [1.29, 1.82) is 0 Å². The van der Waals surface area contributed by atoms with E-state index in [-0.39, 0.29) is 17.7 Å². The molecule has 0 aromatic heterocycles. The van der Waals surface area contributed by atoms with Gasteiger partial charge in [0, 0.05) is 11.6 Å². The Morgan fingerprint density at radius 1 is 1.08 bits per heavy atom. The van der Waals surface area contributed by atoms with Crippen molar-refractivity contribution in [3.05, 3.63) is 29.8 Å². The molecule has 0 radical (unpaired) electrons. The second kappa shape index (κ2) is 13.8. The first kappa shape index (κ1) is 31.6. The molecule has 0 fully saturated rings. The quantitative estimate of drug-likeness (QED) is 0.376. The number of nitrogens with zero attached hydrogens (tertiary/aromatic N) is 1. The highest BCUT2D eigenvalue weighted by Crippen LogP contribution is 2.32. The van der Waals surface area contributed by atoms with Gasteiger partial charge in [-0.2, -0.15) is 11.8 Å². The number of alkyl carbamates (subject to hydrolysis) is 1. The molecule has 1 rings (SSSR count). The number of nitrogens with one attached hydrogen (secondary N) is 2. The molecule has 0 aliphatic rings. The van der Waals surface area contributed by atoms with Crippen LogP contribution in [0.3, 0.4) is 0 Å². The van der Waals surface area contributed by atoms with Crippen LogP contribution in [0.2, 0.25) is 0 Å². The van der Waals surface area contributed by atoms with Gasteiger partial charge >= 0.3 is 6.09 Å². The van der Waals surface area contributed by atoms with E-state index in [1.807, 2.05) is 40.9 Å². The Morgan fingerprint density at radius 2 is 1.72 bits per heavy atom. The first-order valence-corrected chi connectivity index (χ1v) is 13.9. The van der Waals surface area contributed by atoms with E-state index >= 15 is 0 Å². The Bertz CT molecular complexity index is 879. The minimum atomic E-state index is -1.01. The van der Waals surface area contributed by atoms with Gasteiger partial charge in [-0.3, -0.25) is 9.59 Å². The van der Waals surface area contributed by atoms with Crippen LogP contribution in [0.15, 0.2) is 24.3 Å². The van der Waals surface area contributed by atoms with Crippen molar-refractivity contribution in [3.8, 4) is 5.75 Å². The molecular formula is C27H45N3O5S. The van der Waals surface area contributed by atoms with Crippen molar-refractivity contribution < 1.29 is 24.2 Å². The summed E-state index contributed by atoms with van der Waals surface area (Å²) in [7, 11) is 0. The van der Waals surface area contributed by atoms with Crippen molar-refractivity contribution >= 4 is 29.7 Å². The maximum absolute atomic E-state index is 14.1. The van der Waals surface area contributed by atoms with Crippen LogP contribution in [-0.4, -0.2) is 63.1 Å². The molecule has 0 bridgehead atoms. The smallest absolute Gasteiger partial charge is 0.408 e. The van der Waals surface area contributed by atoms with E-state index < -0.39 is 35.2 Å². The third kappa shape index (κ3) is 10.3. The number of carbonyl (C=O) groups excluding carboxylic acids is 3. The zero-order valence-electron chi connectivity index (χ0n) is 23.3. The number of ether oxygens (including phenoxy) is 1. The van der Waals surface area contributed by atoms with Gasteiger partial charge in [0.25, 0.3) is 0 Å². The van der Waals surface area contributed by atoms with Gasteiger partial charge in [-0.15, -0.1) is 0 Å². The molecule has 1 aromatic rings. The molecule has 3 atom stereocenters. The Kier molecular flexibility index (Phi) is 12.1. The van der Waals surface area contributed by atoms with Crippen molar-refractivity contribution in [3.63, 3.8) is 0 Å². The first-order chi connectivity index (χ1) is 16.6. The van der Waals surface area contributed by atoms with Crippen LogP contribution in [0.5, 0.6) is 5.75 Å². The third-order valence-corrected chi connectivity index (χ3v) is 6.01. The molecule has 0 aliphatic heterocycles. The summed E-state index contributed by atoms with van der Waals surface area (Å²) >= 11 is 1.56. The second-order valence-electron chi connectivity index (χ2n) is 11.1. The lowest BCUT2D eigenvalue weighted by atomic mass is 9.94. The van der Waals surface area contributed by atoms with E-state index in [0.29, 0.717) is 17.7 Å². The lowest BCUT2D eigenvalue weighted by Crippen LogP contribution is -2.59. The molecule has 0 aliphatic carbocycles. The number of benzene rings is 1. The molecular weight excluding hydrogens is 478 g/mol. The molecule has 0 heterocycles. The number of hydrogen-bond acceptors (Lipinski definition) is 6. The molecule has 3 amide bonds. The van der Waals surface area contributed by atoms with Gasteiger partial charge in [0.2, 0.25) is 11.8 Å². The van der Waals surface area contributed by atoms with Crippen LogP contribution < -0.4 is 10.6 Å². The zero-order chi connectivity index (χ0) is 27.7. The Labute approximate surface area is 220 Å². The molecule has 0 spiro atoms. The van der Waals surface area contributed by atoms with Crippen molar-refractivity contribution in [2.24, 2.45) is 0 Å². The number of phenols is 1. The number of rotatable bonds is 11. The van der Waals surface area contributed by atoms with Crippen LogP contribution in [0.4, 0.5) is 4.79 Å². The lowest BCUT2D eigenvalue weighted by molar-refractivity contribution is -0.148. The van der Waals surface area contributed by atoms with Crippen molar-refractivity contribution in [2.75, 3.05) is 12.0 Å². The molecule has 36 heavy (non-hydrogen) atoms. The topological polar surface area (TPSA) is 108 Å². The van der Waals surface area contributed by atoms with E-state index in [1.54, 1.807) is 44.7 Å². The van der Waals surface area contributed by atoms with Gasteiger partial charge < -0.3 is 25.4 Å². The predicted octanol–water partition coefficient (Wildman–Crippen LogP) is 5.01. The van der Waals surface area contributed by atoms with E-state index in [4.69, 9.17) is 4.74 Å². The Balaban J connectivity index is 3.53. The number of carbonyl (C=O) groups is 3. The number of thioether (sulfide) groups is 1. The van der Waals surface area contributed by atoms with Gasteiger partial charge in [-0.05, 0) is 91.0 Å². The molecule has 8 nitrogen and oxygen atoms in total. The number of aromatic hydroxyl groups is 1. The highest BCUT2D eigenvalue weighted by molar-refractivity contribution is 7.98. The van der Waals surface area contributed by atoms with E-state index in [9.17, 15) is 19.5 Å². The summed E-state index contributed by atoms with van der Waals surface area (Å²) in [6, 6.07) is 4.39. The fourth-order valence-corrected chi connectivity index (χ4v) is 4.37. The van der Waals surface area contributed by atoms with Crippen molar-refractivity contribution in [2.45, 2.75) is 104 Å². The lowest BCUT2D eigenvalue weighted by Gasteiger charge is -2.43. The number of amides is 3. The predicted molar refractivity (Wildman–Crippen MR) is 146 cm³/mol. The standard InChI is InChI=1S/C27H45N3O5S/c1-10-12-18(2)28-23(32)22(19-13-11-14-20(31)17-19)30(26(3,4)5)24(33)21(15-16-36-9)29-25(34)35-27(6,7)8/h11,13-14,17-18,21-22,31H,10,12,15-16H2,1-9H3,(H,28,32)(H,29,34). The molecule has 204 valence electrons. The first-order valence-electron chi connectivity index (χ1n) is 12.5. The third-order valence-electron chi connectivity index (χ3n) is 5.36. The van der Waals surface area contributed by atoms with E-state index in [2.05, 4.69) is 10.6 Å². The normalized spacial score (nSPS) is 14.4. The van der Waals surface area contributed by atoms with E-state index in [0.717, 1.165) is 12.8 Å². The van der Waals surface area contributed by atoms with E-state index in [1.165, 1.54) is 17.0 Å². The average molecular weight is 524 g/mol. The maximum atomic E-state index is 14.1. The largest absolute Gasteiger partial charge is 0.508 e. The molecule has 3 N–H and O–H groups in total. The molecule has 0 saturated heterocycles. The van der Waals surface area contributed by atoms with Crippen LogP contribution in [0, 0.1) is 0 Å². The highest BCUT2D eigenvalue weighted by Gasteiger charge is 2.42. The molecule has 9 heteroatoms. The summed E-state index contributed by atoms with van der Waals surface area (Å²) < 4.78 is 5.41. The van der Waals surface area contributed by atoms with Crippen molar-refractivity contribution in [1.82, 2.24) is 15.5 Å². The summed E-state index contributed by atoms with van der Waals surface area (Å²) in [6.07, 6.45) is 3.29. The monoisotopic (exact) mass is 523 g/mol. The minimum Gasteiger partial charge on any atom is -0.508 e. The van der Waals surface area contributed by atoms with Gasteiger partial charge in [-0.1, -0.05) is 25.5 Å². The number of hydrogen-bond donors (Lipinski definition) is 3. The fourth-order valence-electron chi connectivity index (χ4n) is 3.90. The molecule has 3 unspecified atom stereocenters. The van der Waals surface area contributed by atoms with Gasteiger partial charge in [-0.25, -0.2) is 4.79 Å². The second-order valence-corrected chi connectivity index (χ2v) is 12.0. The van der Waals surface area contributed by atoms with Gasteiger partial charge in [0.05, 0.1) is 0 Å². The molecule has 1 aromatic carbocycles. The summed E-state index contributed by atoms with van der Waals surface area (Å²) in [4.78, 5) is 41.9. The fraction of sp³-hybridized carbons (Fsp3) is 0.667. The van der Waals surface area contributed by atoms with Crippen LogP contribution in [0.25, 0.3) is 0 Å². The number of phenolic OH excluding ortho intramolecular Hbond substituents is 1. The Morgan fingerprint density at radius 3 is 2.22 bits per heavy atom. The highest BCUT2D eigenvalue weighted by atomic mass is 32.2. The van der Waals surface area contributed by atoms with Crippen LogP contribution in [0.1, 0.15) is 86.3 Å². The van der Waals surface area contributed by atoms with Gasteiger partial charge in [0.1, 0.15) is 23.4 Å². The SMILES string of the molecule is CCCC(C)NC(=O)C(c1cccc(O)c1)N(C(=O)C(CCSC)NC(=O)OC(C)(C)C)C(C)(C)C. The summed E-state index contributed by atoms with van der Waals surface area (Å²) in [6.45, 7) is 14.8. The summed E-state index contributed by atoms with van der Waals surface area (Å²) in [5, 5.41) is 15.9. The molecule has 0 saturated carbocycles. The van der Waals surface area contributed by atoms with Crippen LogP contribution >= 0.6 is 11.8 Å². The van der Waals surface area contributed by atoms with Gasteiger partial charge in [0.15, 0.2) is 0 Å².